The number of aryl methyl sites for hydroxylation is 1. The first-order valence-electron chi connectivity index (χ1n) is 13.4. The van der Waals surface area contributed by atoms with Crippen LogP contribution in [0, 0.1) is 6.92 Å². The number of nitrogens with one attached hydrogen (secondary N) is 1. The number of hydrogen-bond acceptors (Lipinski definition) is 4. The summed E-state index contributed by atoms with van der Waals surface area (Å²) in [5, 5.41) is 3.92. The first kappa shape index (κ1) is 34.0. The van der Waals surface area contributed by atoms with Crippen molar-refractivity contribution in [3.8, 4) is 0 Å². The lowest BCUT2D eigenvalue weighted by Gasteiger charge is -2.33. The zero-order valence-corrected chi connectivity index (χ0v) is 27.4. The van der Waals surface area contributed by atoms with Gasteiger partial charge in [-0.15, -0.1) is 0 Å². The van der Waals surface area contributed by atoms with Crippen LogP contribution in [0.5, 0.6) is 0 Å². The Bertz CT molecular complexity index is 1520. The van der Waals surface area contributed by atoms with E-state index >= 15 is 0 Å². The number of carbonyl (C=O) groups is 2. The Morgan fingerprint density at radius 3 is 2.14 bits per heavy atom. The van der Waals surface area contributed by atoms with E-state index in [0.717, 1.165) is 22.7 Å². The van der Waals surface area contributed by atoms with E-state index in [2.05, 4.69) is 5.32 Å². The number of amides is 2. The number of benzene rings is 3. The SMILES string of the molecule is CCCCNC(=O)[C@H](CC)N(Cc1ccc(Cl)cc1Cl)C(=O)CN(c1cc(Cl)ccc1Cl)S(=O)(=O)c1ccc(C)cc1. The second-order valence-corrected chi connectivity index (χ2v) is 13.3. The summed E-state index contributed by atoms with van der Waals surface area (Å²) < 4.78 is 28.9. The summed E-state index contributed by atoms with van der Waals surface area (Å²) in [6.07, 6.45) is 1.93. The Morgan fingerprint density at radius 1 is 0.881 bits per heavy atom. The van der Waals surface area contributed by atoms with Crippen LogP contribution < -0.4 is 9.62 Å². The lowest BCUT2D eigenvalue weighted by Crippen LogP contribution is -2.52. The molecule has 1 N–H and O–H groups in total. The van der Waals surface area contributed by atoms with Crippen LogP contribution in [0.2, 0.25) is 20.1 Å². The molecule has 1 atom stereocenters. The molecule has 3 aromatic carbocycles. The van der Waals surface area contributed by atoms with Gasteiger partial charge in [-0.1, -0.05) is 90.4 Å². The lowest BCUT2D eigenvalue weighted by molar-refractivity contribution is -0.140. The molecule has 3 rings (SSSR count). The average molecular weight is 673 g/mol. The van der Waals surface area contributed by atoms with Gasteiger partial charge in [0.05, 0.1) is 15.6 Å². The summed E-state index contributed by atoms with van der Waals surface area (Å²) in [4.78, 5) is 28.8. The molecule has 0 aromatic heterocycles. The van der Waals surface area contributed by atoms with Gasteiger partial charge >= 0.3 is 0 Å². The number of sulfonamides is 1. The molecular formula is C30H33Cl4N3O4S. The molecule has 2 amide bonds. The summed E-state index contributed by atoms with van der Waals surface area (Å²) in [6.45, 7) is 5.36. The quantitative estimate of drug-likeness (QED) is 0.190. The van der Waals surface area contributed by atoms with E-state index in [1.54, 1.807) is 37.3 Å². The topological polar surface area (TPSA) is 86.8 Å². The second-order valence-electron chi connectivity index (χ2n) is 9.75. The van der Waals surface area contributed by atoms with Crippen molar-refractivity contribution in [1.82, 2.24) is 10.2 Å². The number of nitrogens with zero attached hydrogens (tertiary/aromatic N) is 2. The average Bonchev–Trinajstić information content (AvgIpc) is 2.94. The van der Waals surface area contributed by atoms with Crippen molar-refractivity contribution in [2.75, 3.05) is 17.4 Å². The molecule has 0 bridgehead atoms. The molecule has 0 aliphatic heterocycles. The van der Waals surface area contributed by atoms with E-state index in [-0.39, 0.29) is 39.5 Å². The highest BCUT2D eigenvalue weighted by Crippen LogP contribution is 2.33. The Balaban J connectivity index is 2.10. The number of rotatable bonds is 13. The first-order valence-corrected chi connectivity index (χ1v) is 16.4. The van der Waals surface area contributed by atoms with Gasteiger partial charge in [0.1, 0.15) is 12.6 Å². The van der Waals surface area contributed by atoms with Crippen molar-refractivity contribution in [1.29, 1.82) is 0 Å². The third-order valence-corrected chi connectivity index (χ3v) is 9.55. The number of hydrogen-bond donors (Lipinski definition) is 1. The van der Waals surface area contributed by atoms with Crippen molar-refractivity contribution in [2.45, 2.75) is 57.5 Å². The highest BCUT2D eigenvalue weighted by atomic mass is 35.5. The predicted molar refractivity (Wildman–Crippen MR) is 171 cm³/mol. The standard InChI is InChI=1S/C30H33Cl4N3O4S/c1-4-6-15-35-30(39)27(5-2)36(18-21-9-10-22(31)16-26(21)34)29(38)19-37(28-17-23(32)11-14-25(28)33)42(40,41)24-12-7-20(3)8-13-24/h7-14,16-17,27H,4-6,15,18-19H2,1-3H3,(H,35,39)/t27-/m0/s1. The monoisotopic (exact) mass is 671 g/mol. The fourth-order valence-corrected chi connectivity index (χ4v) is 6.62. The van der Waals surface area contributed by atoms with Crippen LogP contribution in [-0.2, 0) is 26.2 Å². The van der Waals surface area contributed by atoms with E-state index in [4.69, 9.17) is 46.4 Å². The van der Waals surface area contributed by atoms with Crippen LogP contribution in [0.3, 0.4) is 0 Å². The first-order chi connectivity index (χ1) is 19.9. The Hall–Kier alpha value is -2.49. The summed E-state index contributed by atoms with van der Waals surface area (Å²) in [5.41, 5.74) is 1.44. The maximum atomic E-state index is 14.2. The number of anilines is 1. The predicted octanol–water partition coefficient (Wildman–Crippen LogP) is 7.53. The summed E-state index contributed by atoms with van der Waals surface area (Å²) >= 11 is 25.2. The van der Waals surface area contributed by atoms with Gasteiger partial charge in [0.15, 0.2) is 0 Å². The number of halogens is 4. The van der Waals surface area contributed by atoms with Crippen LogP contribution in [0.1, 0.15) is 44.2 Å². The molecule has 0 aliphatic carbocycles. The van der Waals surface area contributed by atoms with Crippen molar-refractivity contribution in [3.05, 3.63) is 91.9 Å². The van der Waals surface area contributed by atoms with E-state index in [1.807, 2.05) is 13.8 Å². The van der Waals surface area contributed by atoms with Gasteiger partial charge in [0.25, 0.3) is 10.0 Å². The van der Waals surface area contributed by atoms with Gasteiger partial charge in [-0.05, 0) is 67.8 Å². The molecule has 0 spiro atoms. The third kappa shape index (κ3) is 8.54. The molecule has 0 aliphatic rings. The minimum Gasteiger partial charge on any atom is -0.354 e. The van der Waals surface area contributed by atoms with Crippen LogP contribution in [-0.4, -0.2) is 44.3 Å². The highest BCUT2D eigenvalue weighted by molar-refractivity contribution is 7.92. The zero-order chi connectivity index (χ0) is 31.0. The second kappa shape index (κ2) is 15.3. The van der Waals surface area contributed by atoms with E-state index in [0.29, 0.717) is 22.2 Å². The maximum Gasteiger partial charge on any atom is 0.264 e. The third-order valence-electron chi connectivity index (χ3n) is 6.64. The van der Waals surface area contributed by atoms with Crippen LogP contribution in [0.15, 0.2) is 65.6 Å². The largest absolute Gasteiger partial charge is 0.354 e. The molecule has 0 saturated carbocycles. The van der Waals surface area contributed by atoms with Crippen LogP contribution in [0.4, 0.5) is 5.69 Å². The van der Waals surface area contributed by atoms with Gasteiger partial charge in [-0.3, -0.25) is 13.9 Å². The minimum absolute atomic E-state index is 0.0306. The zero-order valence-electron chi connectivity index (χ0n) is 23.5. The molecule has 12 heteroatoms. The van der Waals surface area contributed by atoms with Crippen LogP contribution in [0.25, 0.3) is 0 Å². The van der Waals surface area contributed by atoms with Crippen LogP contribution >= 0.6 is 46.4 Å². The van der Waals surface area contributed by atoms with Crippen molar-refractivity contribution in [2.24, 2.45) is 0 Å². The molecule has 226 valence electrons. The smallest absolute Gasteiger partial charge is 0.264 e. The van der Waals surface area contributed by atoms with E-state index in [9.17, 15) is 18.0 Å². The number of carbonyl (C=O) groups excluding carboxylic acids is 2. The van der Waals surface area contributed by atoms with Crippen molar-refractivity contribution < 1.29 is 18.0 Å². The lowest BCUT2D eigenvalue weighted by atomic mass is 10.1. The van der Waals surface area contributed by atoms with E-state index in [1.165, 1.54) is 35.2 Å². The normalized spacial score (nSPS) is 12.1. The highest BCUT2D eigenvalue weighted by Gasteiger charge is 2.34. The molecule has 42 heavy (non-hydrogen) atoms. The Labute approximate surface area is 267 Å². The summed E-state index contributed by atoms with van der Waals surface area (Å²) in [7, 11) is -4.30. The molecular weight excluding hydrogens is 640 g/mol. The van der Waals surface area contributed by atoms with Gasteiger partial charge < -0.3 is 10.2 Å². The van der Waals surface area contributed by atoms with Crippen molar-refractivity contribution in [3.63, 3.8) is 0 Å². The molecule has 0 radical (unpaired) electrons. The molecule has 0 saturated heterocycles. The Morgan fingerprint density at radius 2 is 1.52 bits per heavy atom. The Kier molecular flexibility index (Phi) is 12.4. The molecule has 0 fully saturated rings. The molecule has 0 unspecified atom stereocenters. The van der Waals surface area contributed by atoms with Crippen molar-refractivity contribution >= 4 is 73.9 Å². The molecule has 0 heterocycles. The summed E-state index contributed by atoms with van der Waals surface area (Å²) in [6, 6.07) is 14.6. The minimum atomic E-state index is -4.30. The van der Waals surface area contributed by atoms with Gasteiger partial charge in [-0.2, -0.15) is 0 Å². The van der Waals surface area contributed by atoms with Gasteiger partial charge in [-0.25, -0.2) is 8.42 Å². The maximum absolute atomic E-state index is 14.2. The number of unbranched alkanes of at least 4 members (excludes halogenated alkanes) is 1. The van der Waals surface area contributed by atoms with Gasteiger partial charge in [0, 0.05) is 28.2 Å². The summed E-state index contributed by atoms with van der Waals surface area (Å²) in [5.74, 6) is -0.983. The van der Waals surface area contributed by atoms with E-state index < -0.39 is 28.5 Å². The molecule has 7 nitrogen and oxygen atoms in total. The fourth-order valence-electron chi connectivity index (χ4n) is 4.29. The molecule has 3 aromatic rings. The van der Waals surface area contributed by atoms with Gasteiger partial charge in [0.2, 0.25) is 11.8 Å². The fraction of sp³-hybridized carbons (Fsp3) is 0.333.